The molecule has 4 atom stereocenters. The number of carbonyl (C=O) groups excluding carboxylic acids is 1. The molecular formula is C15H20F3NaO6S. The van der Waals surface area contributed by atoms with Gasteiger partial charge >= 0.3 is 40.8 Å². The van der Waals surface area contributed by atoms with Crippen LogP contribution in [0.2, 0.25) is 0 Å². The molecule has 6 nitrogen and oxygen atoms in total. The molecule has 4 rings (SSSR count). The molecule has 0 amide bonds. The van der Waals surface area contributed by atoms with E-state index in [4.69, 9.17) is 4.74 Å². The van der Waals surface area contributed by atoms with Crippen molar-refractivity contribution in [2.75, 3.05) is 6.61 Å². The fourth-order valence-electron chi connectivity index (χ4n) is 5.09. The molecule has 0 spiro atoms. The Labute approximate surface area is 171 Å². The fraction of sp³-hybridized carbons (Fsp3) is 0.933. The number of ether oxygens (including phenoxy) is 1. The van der Waals surface area contributed by atoms with Gasteiger partial charge in [0.15, 0.2) is 16.3 Å². The predicted octanol–water partition coefficient (Wildman–Crippen LogP) is -1.41. The summed E-state index contributed by atoms with van der Waals surface area (Å²) in [5.74, 6) is -0.812. The molecule has 4 unspecified atom stereocenters. The molecule has 4 bridgehead atoms. The van der Waals surface area contributed by atoms with Crippen molar-refractivity contribution in [1.29, 1.82) is 0 Å². The van der Waals surface area contributed by atoms with Crippen LogP contribution in [-0.2, 0) is 19.6 Å². The van der Waals surface area contributed by atoms with Crippen molar-refractivity contribution in [3.63, 3.8) is 0 Å². The number of hydrogen-bond acceptors (Lipinski definition) is 6. The maximum atomic E-state index is 13.4. The third-order valence-corrected chi connectivity index (χ3v) is 6.76. The maximum absolute atomic E-state index is 13.4. The first-order valence-electron chi connectivity index (χ1n) is 8.30. The molecular weight excluding hydrogens is 388 g/mol. The quantitative estimate of drug-likeness (QED) is 0.329. The number of carbonyl (C=O) groups is 1. The summed E-state index contributed by atoms with van der Waals surface area (Å²) < 4.78 is 75.4. The zero-order valence-electron chi connectivity index (χ0n) is 14.4. The molecule has 144 valence electrons. The molecule has 4 fully saturated rings. The van der Waals surface area contributed by atoms with Crippen LogP contribution in [0.25, 0.3) is 0 Å². The molecule has 4 saturated carbocycles. The van der Waals surface area contributed by atoms with Crippen LogP contribution in [0.15, 0.2) is 0 Å². The van der Waals surface area contributed by atoms with E-state index in [0.29, 0.717) is 24.7 Å². The smallest absolute Gasteiger partial charge is 0.743 e. The topological polar surface area (TPSA) is 104 Å². The number of esters is 1. The third kappa shape index (κ3) is 3.96. The summed E-state index contributed by atoms with van der Waals surface area (Å²) in [5.41, 5.74) is -1.16. The summed E-state index contributed by atoms with van der Waals surface area (Å²) in [6.45, 7) is -0.780. The minimum atomic E-state index is -6.14. The van der Waals surface area contributed by atoms with Gasteiger partial charge in [-0.05, 0) is 49.9 Å². The Balaban J connectivity index is 0.00000243. The molecule has 1 N–H and O–H groups in total. The van der Waals surface area contributed by atoms with Crippen LogP contribution >= 0.6 is 0 Å². The van der Waals surface area contributed by atoms with E-state index in [1.807, 2.05) is 0 Å². The number of hydrogen-bond donors (Lipinski definition) is 1. The number of alkyl halides is 3. The molecule has 0 aromatic heterocycles. The first kappa shape index (κ1) is 22.4. The van der Waals surface area contributed by atoms with Crippen LogP contribution in [0, 0.1) is 23.7 Å². The Hall–Kier alpha value is 0.130. The van der Waals surface area contributed by atoms with Gasteiger partial charge in [-0.1, -0.05) is 0 Å². The number of halogens is 3. The van der Waals surface area contributed by atoms with E-state index in [-0.39, 0.29) is 35.5 Å². The zero-order chi connectivity index (χ0) is 18.6. The summed E-state index contributed by atoms with van der Waals surface area (Å²) in [6, 6.07) is 0. The van der Waals surface area contributed by atoms with Gasteiger partial charge in [0.2, 0.25) is 0 Å². The summed E-state index contributed by atoms with van der Waals surface area (Å²) >= 11 is 0. The summed E-state index contributed by atoms with van der Waals surface area (Å²) in [4.78, 5) is 12.3. The summed E-state index contributed by atoms with van der Waals surface area (Å²) in [7, 11) is -6.14. The van der Waals surface area contributed by atoms with Gasteiger partial charge in [-0.3, -0.25) is 4.79 Å². The zero-order valence-corrected chi connectivity index (χ0v) is 17.2. The molecule has 0 aromatic carbocycles. The van der Waals surface area contributed by atoms with Crippen molar-refractivity contribution in [3.05, 3.63) is 0 Å². The molecule has 4 aliphatic carbocycles. The van der Waals surface area contributed by atoms with E-state index in [0.717, 1.165) is 19.3 Å². The van der Waals surface area contributed by atoms with Gasteiger partial charge in [0.1, 0.15) is 0 Å². The van der Waals surface area contributed by atoms with E-state index < -0.39 is 52.1 Å². The van der Waals surface area contributed by atoms with Crippen LogP contribution in [0.1, 0.15) is 38.5 Å². The van der Waals surface area contributed by atoms with Gasteiger partial charge in [-0.2, -0.15) is 8.78 Å². The summed E-state index contributed by atoms with van der Waals surface area (Å²) in [5, 5.41) is 5.69. The van der Waals surface area contributed by atoms with Crippen LogP contribution in [0.4, 0.5) is 13.2 Å². The van der Waals surface area contributed by atoms with Gasteiger partial charge in [-0.15, -0.1) is 0 Å². The van der Waals surface area contributed by atoms with Gasteiger partial charge in [-0.25, -0.2) is 12.8 Å². The molecule has 0 aliphatic heterocycles. The van der Waals surface area contributed by atoms with Gasteiger partial charge in [0, 0.05) is 6.42 Å². The third-order valence-electron chi connectivity index (χ3n) is 5.84. The van der Waals surface area contributed by atoms with Crippen molar-refractivity contribution in [3.8, 4) is 0 Å². The largest absolute Gasteiger partial charge is 1.00 e. The molecule has 0 heterocycles. The van der Waals surface area contributed by atoms with Crippen LogP contribution in [-0.4, -0.2) is 47.7 Å². The number of rotatable bonds is 6. The van der Waals surface area contributed by atoms with Gasteiger partial charge in [0.05, 0.1) is 18.1 Å². The first-order valence-corrected chi connectivity index (χ1v) is 9.71. The minimum Gasteiger partial charge on any atom is -0.743 e. The second-order valence-corrected chi connectivity index (χ2v) is 9.08. The molecule has 4 aliphatic rings. The second-order valence-electron chi connectivity index (χ2n) is 7.63. The van der Waals surface area contributed by atoms with Crippen molar-refractivity contribution in [2.24, 2.45) is 23.7 Å². The van der Waals surface area contributed by atoms with Crippen LogP contribution < -0.4 is 29.6 Å². The van der Waals surface area contributed by atoms with Gasteiger partial charge < -0.3 is 14.4 Å². The van der Waals surface area contributed by atoms with Crippen LogP contribution in [0.3, 0.4) is 0 Å². The maximum Gasteiger partial charge on any atom is 1.00 e. The van der Waals surface area contributed by atoms with E-state index >= 15 is 0 Å². The Morgan fingerprint density at radius 3 is 2.27 bits per heavy atom. The standard InChI is InChI=1S/C15H21F3O6S.Na/c16-11(15(17,18)25(21,22)23)1-2-24-13(19)12-10-4-8-3-9(5-10)7-14(12,20)6-8;/h8-12,20H,1-7H2,(H,21,22,23);/q;+1/p-1. The second kappa shape index (κ2) is 7.51. The Kier molecular flexibility index (Phi) is 6.48. The fourth-order valence-corrected chi connectivity index (χ4v) is 5.52. The monoisotopic (exact) mass is 408 g/mol. The first-order chi connectivity index (χ1) is 11.4. The predicted molar refractivity (Wildman–Crippen MR) is 77.1 cm³/mol. The van der Waals surface area contributed by atoms with E-state index in [9.17, 15) is 36.0 Å². The molecule has 11 heteroatoms. The minimum absolute atomic E-state index is 0. The van der Waals surface area contributed by atoms with Crippen LogP contribution in [0.5, 0.6) is 0 Å². The molecule has 0 aromatic rings. The summed E-state index contributed by atoms with van der Waals surface area (Å²) in [6.07, 6.45) is -0.724. The molecule has 26 heavy (non-hydrogen) atoms. The van der Waals surface area contributed by atoms with Crippen molar-refractivity contribution < 1.29 is 70.3 Å². The SMILES string of the molecule is O=C(OCCC(F)C(F)(F)S(=O)(=O)[O-])C1C2CC3CC(C2)CC1(O)C3.[Na+]. The van der Waals surface area contributed by atoms with Crippen molar-refractivity contribution in [1.82, 2.24) is 0 Å². The van der Waals surface area contributed by atoms with E-state index in [1.165, 1.54) is 0 Å². The van der Waals surface area contributed by atoms with Crippen molar-refractivity contribution >= 4 is 16.1 Å². The van der Waals surface area contributed by atoms with E-state index in [2.05, 4.69) is 0 Å². The van der Waals surface area contributed by atoms with Crippen molar-refractivity contribution in [2.45, 2.75) is 55.6 Å². The Morgan fingerprint density at radius 1 is 1.27 bits per heavy atom. The Morgan fingerprint density at radius 2 is 1.81 bits per heavy atom. The average Bonchev–Trinajstić information content (AvgIpc) is 2.43. The average molecular weight is 408 g/mol. The number of aliphatic hydroxyl groups is 1. The van der Waals surface area contributed by atoms with Gasteiger partial charge in [0.25, 0.3) is 0 Å². The normalized spacial score (nSPS) is 37.1. The molecule has 0 radical (unpaired) electrons. The van der Waals surface area contributed by atoms with E-state index in [1.54, 1.807) is 0 Å². The Bertz CT molecular complexity index is 644. The molecule has 0 saturated heterocycles.